The van der Waals surface area contributed by atoms with Gasteiger partial charge in [0.1, 0.15) is 6.10 Å². The molecule has 1 N–H and O–H groups in total. The van der Waals surface area contributed by atoms with E-state index < -0.39 is 5.60 Å². The molecule has 0 saturated carbocycles. The van der Waals surface area contributed by atoms with Crippen molar-refractivity contribution in [2.24, 2.45) is 5.92 Å². The molecular weight excluding hydrogens is 264 g/mol. The molecule has 0 aromatic rings. The van der Waals surface area contributed by atoms with E-state index in [1.807, 2.05) is 19.1 Å². The van der Waals surface area contributed by atoms with Gasteiger partial charge in [-0.15, -0.1) is 6.58 Å². The maximum absolute atomic E-state index is 11.1. The number of ether oxygens (including phenoxy) is 1. The van der Waals surface area contributed by atoms with E-state index in [-0.39, 0.29) is 12.1 Å². The van der Waals surface area contributed by atoms with E-state index in [9.17, 15) is 9.90 Å². The summed E-state index contributed by atoms with van der Waals surface area (Å²) in [5, 5.41) is 9.85. The van der Waals surface area contributed by atoms with Crippen LogP contribution in [0.1, 0.15) is 53.9 Å². The molecular formula is C18H30O3. The second-order valence-electron chi connectivity index (χ2n) is 6.13. The Kier molecular flexibility index (Phi) is 8.95. The smallest absolute Gasteiger partial charge is 0.303 e. The van der Waals surface area contributed by atoms with Gasteiger partial charge in [-0.3, -0.25) is 4.79 Å². The average molecular weight is 294 g/mol. The number of hydrogen-bond acceptors (Lipinski definition) is 3. The normalized spacial score (nSPS) is 16.8. The number of aliphatic hydroxyl groups is 1. The average Bonchev–Trinajstić information content (AvgIpc) is 2.35. The number of carbonyl (C=O) groups is 1. The molecule has 21 heavy (non-hydrogen) atoms. The molecule has 3 nitrogen and oxygen atoms in total. The van der Waals surface area contributed by atoms with Gasteiger partial charge in [0, 0.05) is 13.3 Å². The minimum Gasteiger partial charge on any atom is -0.458 e. The van der Waals surface area contributed by atoms with E-state index in [0.717, 1.165) is 12.0 Å². The third-order valence-electron chi connectivity index (χ3n) is 3.13. The van der Waals surface area contributed by atoms with Crippen molar-refractivity contribution in [3.05, 3.63) is 36.5 Å². The second-order valence-corrected chi connectivity index (χ2v) is 6.13. The van der Waals surface area contributed by atoms with Gasteiger partial charge in [-0.25, -0.2) is 0 Å². The summed E-state index contributed by atoms with van der Waals surface area (Å²) in [7, 11) is 0. The van der Waals surface area contributed by atoms with Crippen molar-refractivity contribution in [1.82, 2.24) is 0 Å². The fourth-order valence-corrected chi connectivity index (χ4v) is 1.82. The molecule has 0 aliphatic heterocycles. The van der Waals surface area contributed by atoms with Crippen LogP contribution in [0.5, 0.6) is 0 Å². The van der Waals surface area contributed by atoms with Gasteiger partial charge in [-0.1, -0.05) is 37.6 Å². The molecule has 0 bridgehead atoms. The van der Waals surface area contributed by atoms with Crippen molar-refractivity contribution >= 4 is 5.97 Å². The molecule has 0 rings (SSSR count). The zero-order valence-corrected chi connectivity index (χ0v) is 14.1. The Morgan fingerprint density at radius 2 is 1.95 bits per heavy atom. The standard InChI is InChI=1S/C18H30O3/c1-7-18(6,20)12-8-9-15(4)13-17(21-16(5)19)11-10-14(2)3/h7,9-11,14,17,20H,1,8,12-13H2,2-6H3. The largest absolute Gasteiger partial charge is 0.458 e. The minimum absolute atomic E-state index is 0.221. The molecule has 0 saturated heterocycles. The molecule has 120 valence electrons. The minimum atomic E-state index is -0.830. The molecule has 0 aliphatic carbocycles. The number of hydrogen-bond donors (Lipinski definition) is 1. The molecule has 0 heterocycles. The second kappa shape index (κ2) is 9.56. The Hall–Kier alpha value is -1.35. The van der Waals surface area contributed by atoms with Crippen LogP contribution in [-0.4, -0.2) is 22.8 Å². The van der Waals surface area contributed by atoms with Gasteiger partial charge in [-0.2, -0.15) is 0 Å². The first-order valence-corrected chi connectivity index (χ1v) is 7.53. The number of carbonyl (C=O) groups excluding carboxylic acids is 1. The van der Waals surface area contributed by atoms with Crippen LogP contribution in [0, 0.1) is 5.92 Å². The van der Waals surface area contributed by atoms with Gasteiger partial charge in [0.2, 0.25) is 0 Å². The quantitative estimate of drug-likeness (QED) is 0.512. The summed E-state index contributed by atoms with van der Waals surface area (Å²) in [6.45, 7) is 13.0. The maximum Gasteiger partial charge on any atom is 0.303 e. The van der Waals surface area contributed by atoms with Gasteiger partial charge in [0.05, 0.1) is 5.60 Å². The fourth-order valence-electron chi connectivity index (χ4n) is 1.82. The Bertz CT molecular complexity index is 389. The summed E-state index contributed by atoms with van der Waals surface area (Å²) in [5.41, 5.74) is 0.318. The van der Waals surface area contributed by atoms with E-state index in [0.29, 0.717) is 18.8 Å². The van der Waals surface area contributed by atoms with Crippen LogP contribution in [0.3, 0.4) is 0 Å². The Balaban J connectivity index is 4.54. The first-order chi connectivity index (χ1) is 9.66. The summed E-state index contributed by atoms with van der Waals surface area (Å²) in [5.74, 6) is 0.158. The van der Waals surface area contributed by atoms with Crippen LogP contribution in [0.25, 0.3) is 0 Å². The molecule has 0 fully saturated rings. The lowest BCUT2D eigenvalue weighted by Crippen LogP contribution is -2.19. The molecule has 0 amide bonds. The van der Waals surface area contributed by atoms with Crippen molar-refractivity contribution < 1.29 is 14.6 Å². The molecule has 0 aliphatic rings. The number of rotatable bonds is 9. The van der Waals surface area contributed by atoms with E-state index in [1.165, 1.54) is 6.92 Å². The van der Waals surface area contributed by atoms with Crippen LogP contribution < -0.4 is 0 Å². The maximum atomic E-state index is 11.1. The highest BCUT2D eigenvalue weighted by molar-refractivity contribution is 5.66. The van der Waals surface area contributed by atoms with Crippen molar-refractivity contribution in [1.29, 1.82) is 0 Å². The van der Waals surface area contributed by atoms with Gasteiger partial charge >= 0.3 is 5.97 Å². The molecule has 0 spiro atoms. The van der Waals surface area contributed by atoms with E-state index in [2.05, 4.69) is 26.5 Å². The molecule has 2 atom stereocenters. The van der Waals surface area contributed by atoms with E-state index in [4.69, 9.17) is 4.74 Å². The van der Waals surface area contributed by atoms with Crippen LogP contribution >= 0.6 is 0 Å². The van der Waals surface area contributed by atoms with E-state index in [1.54, 1.807) is 13.0 Å². The summed E-state index contributed by atoms with van der Waals surface area (Å²) < 4.78 is 5.31. The molecule has 0 aromatic heterocycles. The summed E-state index contributed by atoms with van der Waals surface area (Å²) in [6.07, 6.45) is 9.49. The van der Waals surface area contributed by atoms with Crippen molar-refractivity contribution in [2.75, 3.05) is 0 Å². The Morgan fingerprint density at radius 1 is 1.33 bits per heavy atom. The monoisotopic (exact) mass is 294 g/mol. The third-order valence-corrected chi connectivity index (χ3v) is 3.13. The summed E-state index contributed by atoms with van der Waals surface area (Å²) >= 11 is 0. The van der Waals surface area contributed by atoms with Crippen LogP contribution in [0.4, 0.5) is 0 Å². The van der Waals surface area contributed by atoms with Crippen molar-refractivity contribution in [2.45, 2.75) is 65.6 Å². The SMILES string of the molecule is C=CC(C)(O)CCC=C(C)CC(C=CC(C)C)OC(C)=O. The lowest BCUT2D eigenvalue weighted by atomic mass is 9.98. The summed E-state index contributed by atoms with van der Waals surface area (Å²) in [6, 6.07) is 0. The van der Waals surface area contributed by atoms with Gasteiger partial charge in [-0.05, 0) is 38.7 Å². The highest BCUT2D eigenvalue weighted by Gasteiger charge is 2.14. The van der Waals surface area contributed by atoms with Gasteiger partial charge in [0.25, 0.3) is 0 Å². The molecule has 0 radical (unpaired) electrons. The van der Waals surface area contributed by atoms with Crippen LogP contribution in [0.15, 0.2) is 36.5 Å². The molecule has 3 heteroatoms. The van der Waals surface area contributed by atoms with E-state index >= 15 is 0 Å². The lowest BCUT2D eigenvalue weighted by molar-refractivity contribution is -0.144. The van der Waals surface area contributed by atoms with Crippen LogP contribution in [0.2, 0.25) is 0 Å². The number of esters is 1. The Morgan fingerprint density at radius 3 is 2.43 bits per heavy atom. The number of allylic oxidation sites excluding steroid dienone is 2. The predicted molar refractivity (Wildman–Crippen MR) is 88.0 cm³/mol. The zero-order valence-electron chi connectivity index (χ0n) is 14.1. The first kappa shape index (κ1) is 19.7. The molecule has 2 unspecified atom stereocenters. The first-order valence-electron chi connectivity index (χ1n) is 7.53. The highest BCUT2D eigenvalue weighted by atomic mass is 16.5. The predicted octanol–water partition coefficient (Wildman–Crippen LogP) is 4.18. The zero-order chi connectivity index (χ0) is 16.5. The molecule has 0 aromatic carbocycles. The van der Waals surface area contributed by atoms with Crippen LogP contribution in [-0.2, 0) is 9.53 Å². The topological polar surface area (TPSA) is 46.5 Å². The Labute approximate surface area is 129 Å². The van der Waals surface area contributed by atoms with Crippen molar-refractivity contribution in [3.63, 3.8) is 0 Å². The van der Waals surface area contributed by atoms with Gasteiger partial charge < -0.3 is 9.84 Å². The summed E-state index contributed by atoms with van der Waals surface area (Å²) in [4.78, 5) is 11.1. The highest BCUT2D eigenvalue weighted by Crippen LogP contribution is 2.17. The third kappa shape index (κ3) is 11.0. The lowest BCUT2D eigenvalue weighted by Gasteiger charge is -2.17. The van der Waals surface area contributed by atoms with Gasteiger partial charge in [0.15, 0.2) is 0 Å². The van der Waals surface area contributed by atoms with Crippen molar-refractivity contribution in [3.8, 4) is 0 Å². The fraction of sp³-hybridized carbons (Fsp3) is 0.611.